The van der Waals surface area contributed by atoms with Crippen LogP contribution in [0, 0.1) is 44.8 Å². The Hall–Kier alpha value is -0.630. The van der Waals surface area contributed by atoms with E-state index in [-0.39, 0.29) is 21.7 Å². The second-order valence-corrected chi connectivity index (χ2v) is 14.4. The first-order chi connectivity index (χ1) is 14.2. The molecule has 0 amide bonds. The molecule has 31 heavy (non-hydrogen) atoms. The Morgan fingerprint density at radius 2 is 1.42 bits per heavy atom. The van der Waals surface area contributed by atoms with Crippen molar-refractivity contribution in [1.29, 1.82) is 0 Å². The van der Waals surface area contributed by atoms with Crippen LogP contribution in [0.1, 0.15) is 113 Å². The first kappa shape index (κ1) is 22.2. The molecule has 0 radical (unpaired) electrons. The lowest BCUT2D eigenvalue weighted by Gasteiger charge is -2.69. The smallest absolute Gasteiger partial charge is 0.138 e. The van der Waals surface area contributed by atoms with Crippen LogP contribution >= 0.6 is 0 Å². The SMILES string of the molecule is CC1(O)CCC2(C)CC=C3C(C)(CCC4C3(C)CCC3C(C)(C)C(=O)CCC34C)C2C1. The van der Waals surface area contributed by atoms with Crippen molar-refractivity contribution in [1.82, 2.24) is 0 Å². The van der Waals surface area contributed by atoms with Gasteiger partial charge in [-0.3, -0.25) is 4.79 Å². The maximum atomic E-state index is 12.9. The van der Waals surface area contributed by atoms with Gasteiger partial charge in [0.25, 0.3) is 0 Å². The van der Waals surface area contributed by atoms with Crippen LogP contribution in [0.2, 0.25) is 0 Å². The molecular formula is C29H46O2. The number of rotatable bonds is 0. The fraction of sp³-hybridized carbons (Fsp3) is 0.897. The third-order valence-corrected chi connectivity index (χ3v) is 12.2. The van der Waals surface area contributed by atoms with Crippen molar-refractivity contribution < 1.29 is 9.90 Å². The number of Topliss-reactive ketones (excluding diaryl/α,β-unsaturated/α-hetero) is 1. The summed E-state index contributed by atoms with van der Waals surface area (Å²) in [7, 11) is 0. The van der Waals surface area contributed by atoms with Crippen LogP contribution in [0.3, 0.4) is 0 Å². The van der Waals surface area contributed by atoms with E-state index in [1.807, 2.05) is 0 Å². The average molecular weight is 427 g/mol. The number of aliphatic hydroxyl groups is 1. The molecule has 0 heterocycles. The molecule has 0 aromatic carbocycles. The van der Waals surface area contributed by atoms with Crippen molar-refractivity contribution in [3.05, 3.63) is 11.6 Å². The van der Waals surface area contributed by atoms with Crippen LogP contribution in [0.25, 0.3) is 0 Å². The molecule has 2 nitrogen and oxygen atoms in total. The van der Waals surface area contributed by atoms with Crippen molar-refractivity contribution in [2.45, 2.75) is 118 Å². The first-order valence-corrected chi connectivity index (χ1v) is 13.2. The Kier molecular flexibility index (Phi) is 4.49. The van der Waals surface area contributed by atoms with Gasteiger partial charge < -0.3 is 5.11 Å². The third-order valence-electron chi connectivity index (χ3n) is 12.2. The predicted octanol–water partition coefficient (Wildman–Crippen LogP) is 7.10. The monoisotopic (exact) mass is 426 g/mol. The molecule has 2 heteroatoms. The van der Waals surface area contributed by atoms with Gasteiger partial charge in [0, 0.05) is 11.8 Å². The molecule has 0 aromatic rings. The molecule has 1 N–H and O–H groups in total. The summed E-state index contributed by atoms with van der Waals surface area (Å²) < 4.78 is 0. The summed E-state index contributed by atoms with van der Waals surface area (Å²) in [6.07, 6.45) is 13.7. The number of ketones is 1. The zero-order chi connectivity index (χ0) is 22.7. The molecule has 4 saturated carbocycles. The fourth-order valence-electron chi connectivity index (χ4n) is 10.5. The Balaban J connectivity index is 1.56. The Morgan fingerprint density at radius 1 is 0.806 bits per heavy atom. The molecule has 0 aromatic heterocycles. The lowest BCUT2D eigenvalue weighted by molar-refractivity contribution is -0.171. The van der Waals surface area contributed by atoms with Gasteiger partial charge in [-0.1, -0.05) is 53.2 Å². The number of fused-ring (bicyclic) bond motifs is 7. The molecule has 0 spiro atoms. The normalized spacial score (nSPS) is 55.9. The van der Waals surface area contributed by atoms with Crippen molar-refractivity contribution in [3.8, 4) is 0 Å². The van der Waals surface area contributed by atoms with Crippen LogP contribution in [-0.4, -0.2) is 16.5 Å². The lowest BCUT2D eigenvalue weighted by atomic mass is 9.35. The maximum absolute atomic E-state index is 12.9. The van der Waals surface area contributed by atoms with E-state index < -0.39 is 5.60 Å². The van der Waals surface area contributed by atoms with E-state index in [4.69, 9.17) is 0 Å². The largest absolute Gasteiger partial charge is 0.390 e. The van der Waals surface area contributed by atoms with Gasteiger partial charge in [0.1, 0.15) is 5.78 Å². The summed E-state index contributed by atoms with van der Waals surface area (Å²) in [5, 5.41) is 11.1. The summed E-state index contributed by atoms with van der Waals surface area (Å²) in [5.41, 5.74) is 2.13. The van der Waals surface area contributed by atoms with Crippen molar-refractivity contribution >= 4 is 5.78 Å². The minimum absolute atomic E-state index is 0.170. The molecule has 5 aliphatic carbocycles. The van der Waals surface area contributed by atoms with Crippen LogP contribution < -0.4 is 0 Å². The molecule has 4 fully saturated rings. The van der Waals surface area contributed by atoms with Crippen molar-refractivity contribution in [2.75, 3.05) is 0 Å². The van der Waals surface area contributed by atoms with E-state index in [0.717, 1.165) is 32.1 Å². The molecule has 0 saturated heterocycles. The van der Waals surface area contributed by atoms with Crippen LogP contribution in [-0.2, 0) is 4.79 Å². The quantitative estimate of drug-likeness (QED) is 0.419. The van der Waals surface area contributed by atoms with Gasteiger partial charge >= 0.3 is 0 Å². The van der Waals surface area contributed by atoms with E-state index in [9.17, 15) is 9.90 Å². The van der Waals surface area contributed by atoms with Crippen molar-refractivity contribution in [3.63, 3.8) is 0 Å². The number of allylic oxidation sites excluding steroid dienone is 2. The van der Waals surface area contributed by atoms with E-state index >= 15 is 0 Å². The van der Waals surface area contributed by atoms with Gasteiger partial charge in [-0.15, -0.1) is 0 Å². The van der Waals surface area contributed by atoms with Crippen molar-refractivity contribution in [2.24, 2.45) is 44.8 Å². The third kappa shape index (κ3) is 2.75. The molecule has 174 valence electrons. The van der Waals surface area contributed by atoms with Crippen LogP contribution in [0.5, 0.6) is 0 Å². The Bertz CT molecular complexity index is 836. The number of hydrogen-bond donors (Lipinski definition) is 1. The molecule has 0 bridgehead atoms. The summed E-state index contributed by atoms with van der Waals surface area (Å²) >= 11 is 0. The standard InChI is InChI=1S/C29H46O2/c1-24(2)19-9-13-28(6)20-8-12-25(3)16-17-26(4,31)18-22(25)29(20,7)14-10-21(28)27(19,5)15-11-23(24)30/h8,19,21-22,31H,9-18H2,1-7H3. The molecule has 5 rings (SSSR count). The fourth-order valence-corrected chi connectivity index (χ4v) is 10.5. The second-order valence-electron chi connectivity index (χ2n) is 14.4. The average Bonchev–Trinajstić information content (AvgIpc) is 2.66. The summed E-state index contributed by atoms with van der Waals surface area (Å²) in [4.78, 5) is 12.9. The van der Waals surface area contributed by atoms with Gasteiger partial charge in [0.2, 0.25) is 0 Å². The van der Waals surface area contributed by atoms with Gasteiger partial charge in [0.15, 0.2) is 0 Å². The molecular weight excluding hydrogens is 380 g/mol. The maximum Gasteiger partial charge on any atom is 0.138 e. The van der Waals surface area contributed by atoms with Gasteiger partial charge in [-0.25, -0.2) is 0 Å². The number of carbonyl (C=O) groups is 1. The molecule has 8 atom stereocenters. The highest BCUT2D eigenvalue weighted by atomic mass is 16.3. The van der Waals surface area contributed by atoms with Gasteiger partial charge in [-0.05, 0) is 104 Å². The Morgan fingerprint density at radius 3 is 2.10 bits per heavy atom. The molecule has 5 aliphatic rings. The van der Waals surface area contributed by atoms with E-state index in [0.29, 0.717) is 29.0 Å². The molecule has 0 aliphatic heterocycles. The highest BCUT2D eigenvalue weighted by Crippen LogP contribution is 2.74. The minimum Gasteiger partial charge on any atom is -0.390 e. The summed E-state index contributed by atoms with van der Waals surface area (Å²) in [5.74, 6) is 2.28. The highest BCUT2D eigenvalue weighted by molar-refractivity contribution is 5.85. The van der Waals surface area contributed by atoms with E-state index in [1.54, 1.807) is 5.57 Å². The highest BCUT2D eigenvalue weighted by Gasteiger charge is 2.66. The number of hydrogen-bond acceptors (Lipinski definition) is 2. The summed E-state index contributed by atoms with van der Waals surface area (Å²) in [6.45, 7) is 16.8. The van der Waals surface area contributed by atoms with Gasteiger partial charge in [-0.2, -0.15) is 0 Å². The molecule has 8 unspecified atom stereocenters. The Labute approximate surface area is 190 Å². The van der Waals surface area contributed by atoms with E-state index in [2.05, 4.69) is 54.5 Å². The second kappa shape index (κ2) is 6.28. The van der Waals surface area contributed by atoms with Crippen LogP contribution in [0.15, 0.2) is 11.6 Å². The van der Waals surface area contributed by atoms with Gasteiger partial charge in [0.05, 0.1) is 5.60 Å². The van der Waals surface area contributed by atoms with E-state index in [1.165, 1.54) is 32.1 Å². The zero-order valence-electron chi connectivity index (χ0n) is 21.2. The number of carbonyl (C=O) groups excluding carboxylic acids is 1. The first-order valence-electron chi connectivity index (χ1n) is 13.2. The van der Waals surface area contributed by atoms with Crippen LogP contribution in [0.4, 0.5) is 0 Å². The predicted molar refractivity (Wildman–Crippen MR) is 127 cm³/mol. The lowest BCUT2D eigenvalue weighted by Crippen LogP contribution is -2.62. The summed E-state index contributed by atoms with van der Waals surface area (Å²) in [6, 6.07) is 0. The zero-order valence-corrected chi connectivity index (χ0v) is 21.2. The minimum atomic E-state index is -0.509. The topological polar surface area (TPSA) is 37.3 Å².